The summed E-state index contributed by atoms with van der Waals surface area (Å²) in [4.78, 5) is 25.1. The van der Waals surface area contributed by atoms with Gasteiger partial charge in [-0.25, -0.2) is 0 Å². The van der Waals surface area contributed by atoms with Crippen molar-refractivity contribution in [2.75, 3.05) is 12.4 Å². The van der Waals surface area contributed by atoms with Gasteiger partial charge in [0.2, 0.25) is 0 Å². The highest BCUT2D eigenvalue weighted by atomic mass is 16.5. The highest BCUT2D eigenvalue weighted by Crippen LogP contribution is 2.24. The van der Waals surface area contributed by atoms with Gasteiger partial charge in [0.05, 0.1) is 13.5 Å². The van der Waals surface area contributed by atoms with Crippen LogP contribution in [0.2, 0.25) is 0 Å². The van der Waals surface area contributed by atoms with Crippen molar-refractivity contribution in [1.82, 2.24) is 0 Å². The zero-order chi connectivity index (χ0) is 21.3. The molecule has 0 saturated carbocycles. The van der Waals surface area contributed by atoms with Crippen LogP contribution in [0.15, 0.2) is 78.9 Å². The number of hydrogen-bond donors (Lipinski definition) is 1. The molecule has 5 nitrogen and oxygen atoms in total. The summed E-state index contributed by atoms with van der Waals surface area (Å²) in [6.07, 6.45) is -0.380. The summed E-state index contributed by atoms with van der Waals surface area (Å²) < 4.78 is 10.6. The zero-order valence-corrected chi connectivity index (χ0v) is 17.1. The maximum Gasteiger partial charge on any atom is 0.311 e. The molecule has 0 aliphatic heterocycles. The van der Waals surface area contributed by atoms with Gasteiger partial charge in [0, 0.05) is 5.69 Å². The fourth-order valence-electron chi connectivity index (χ4n) is 3.15. The number of ether oxygens (including phenoxy) is 2. The van der Waals surface area contributed by atoms with Gasteiger partial charge in [-0.2, -0.15) is 0 Å². The molecular weight excluding hydrogens is 378 g/mol. The lowest BCUT2D eigenvalue weighted by atomic mass is 9.98. The van der Waals surface area contributed by atoms with Crippen molar-refractivity contribution < 1.29 is 19.1 Å². The highest BCUT2D eigenvalue weighted by Gasteiger charge is 2.22. The van der Waals surface area contributed by atoms with Gasteiger partial charge in [0.15, 0.2) is 6.10 Å². The molecule has 3 aromatic rings. The first-order valence-corrected chi connectivity index (χ1v) is 9.88. The molecule has 3 rings (SSSR count). The van der Waals surface area contributed by atoms with Crippen molar-refractivity contribution >= 4 is 17.6 Å². The van der Waals surface area contributed by atoms with E-state index in [0.29, 0.717) is 17.9 Å². The van der Waals surface area contributed by atoms with Crippen LogP contribution in [0.1, 0.15) is 18.9 Å². The number of carbonyl (C=O) groups is 2. The molecule has 1 unspecified atom stereocenters. The minimum absolute atomic E-state index is 0.0946. The van der Waals surface area contributed by atoms with E-state index in [1.807, 2.05) is 61.5 Å². The number of esters is 1. The van der Waals surface area contributed by atoms with E-state index >= 15 is 0 Å². The van der Waals surface area contributed by atoms with Crippen LogP contribution in [0.3, 0.4) is 0 Å². The monoisotopic (exact) mass is 403 g/mol. The minimum atomic E-state index is -0.858. The lowest BCUT2D eigenvalue weighted by molar-refractivity contribution is -0.153. The SMILES string of the molecule is CCC(OC(=O)Cc1ccccc1-c1ccccc1)C(=O)Nc1ccc(OC)cc1. The Morgan fingerprint density at radius 3 is 2.23 bits per heavy atom. The molecule has 0 aromatic heterocycles. The van der Waals surface area contributed by atoms with Crippen LogP contribution in [0.25, 0.3) is 11.1 Å². The summed E-state index contributed by atoms with van der Waals surface area (Å²) in [6, 6.07) is 24.6. The number of amides is 1. The highest BCUT2D eigenvalue weighted by molar-refractivity contribution is 5.95. The molecular formula is C25H25NO4. The van der Waals surface area contributed by atoms with Crippen molar-refractivity contribution in [2.24, 2.45) is 0 Å². The van der Waals surface area contributed by atoms with Crippen LogP contribution in [0.5, 0.6) is 5.75 Å². The first kappa shape index (κ1) is 21.1. The van der Waals surface area contributed by atoms with E-state index < -0.39 is 12.1 Å². The summed E-state index contributed by atoms with van der Waals surface area (Å²) in [7, 11) is 1.58. The molecule has 0 saturated heterocycles. The topological polar surface area (TPSA) is 64.6 Å². The van der Waals surface area contributed by atoms with Crippen LogP contribution >= 0.6 is 0 Å². The lowest BCUT2D eigenvalue weighted by Gasteiger charge is -2.17. The number of benzene rings is 3. The van der Waals surface area contributed by atoms with Crippen LogP contribution < -0.4 is 10.1 Å². The molecule has 5 heteroatoms. The second kappa shape index (κ2) is 10.3. The smallest absolute Gasteiger partial charge is 0.311 e. The number of rotatable bonds is 8. The van der Waals surface area contributed by atoms with E-state index in [2.05, 4.69) is 5.32 Å². The van der Waals surface area contributed by atoms with E-state index in [1.165, 1.54) is 0 Å². The largest absolute Gasteiger partial charge is 0.497 e. The first-order valence-electron chi connectivity index (χ1n) is 9.88. The fraction of sp³-hybridized carbons (Fsp3) is 0.200. The van der Waals surface area contributed by atoms with Crippen molar-refractivity contribution in [3.05, 3.63) is 84.4 Å². The molecule has 154 valence electrons. The normalized spacial score (nSPS) is 11.4. The Labute approximate surface area is 176 Å². The number of carbonyl (C=O) groups excluding carboxylic acids is 2. The summed E-state index contributed by atoms with van der Waals surface area (Å²) in [6.45, 7) is 1.81. The molecule has 0 radical (unpaired) electrons. The molecule has 0 heterocycles. The quantitative estimate of drug-likeness (QED) is 0.545. The Balaban J connectivity index is 1.65. The van der Waals surface area contributed by atoms with Gasteiger partial charge >= 0.3 is 5.97 Å². The molecule has 0 aliphatic rings. The summed E-state index contributed by atoms with van der Waals surface area (Å²) >= 11 is 0. The fourth-order valence-corrected chi connectivity index (χ4v) is 3.15. The van der Waals surface area contributed by atoms with Gasteiger partial charge in [0.1, 0.15) is 5.75 Å². The van der Waals surface area contributed by atoms with Gasteiger partial charge in [-0.15, -0.1) is 0 Å². The summed E-state index contributed by atoms with van der Waals surface area (Å²) in [5.74, 6) is -0.0916. The van der Waals surface area contributed by atoms with Crippen LogP contribution in [0.4, 0.5) is 5.69 Å². The maximum absolute atomic E-state index is 12.6. The van der Waals surface area contributed by atoms with E-state index in [-0.39, 0.29) is 12.3 Å². The average molecular weight is 403 g/mol. The van der Waals surface area contributed by atoms with Gasteiger partial charge in [-0.05, 0) is 47.4 Å². The predicted octanol–water partition coefficient (Wildman–Crippen LogP) is 4.87. The van der Waals surface area contributed by atoms with Gasteiger partial charge in [0.25, 0.3) is 5.91 Å². The third kappa shape index (κ3) is 5.47. The second-order valence-electron chi connectivity index (χ2n) is 6.80. The summed E-state index contributed by atoms with van der Waals surface area (Å²) in [5, 5.41) is 2.78. The number of anilines is 1. The first-order chi connectivity index (χ1) is 14.6. The lowest BCUT2D eigenvalue weighted by Crippen LogP contribution is -2.32. The maximum atomic E-state index is 12.6. The molecule has 0 fully saturated rings. The van der Waals surface area contributed by atoms with Gasteiger partial charge < -0.3 is 14.8 Å². The molecule has 0 spiro atoms. The van der Waals surface area contributed by atoms with Crippen molar-refractivity contribution in [2.45, 2.75) is 25.9 Å². The third-order valence-electron chi connectivity index (χ3n) is 4.73. The number of methoxy groups -OCH3 is 1. The molecule has 3 aromatic carbocycles. The third-order valence-corrected chi connectivity index (χ3v) is 4.73. The summed E-state index contributed by atoms with van der Waals surface area (Å²) in [5.41, 5.74) is 3.49. The van der Waals surface area contributed by atoms with Gasteiger partial charge in [-0.3, -0.25) is 9.59 Å². The molecule has 1 N–H and O–H groups in total. The minimum Gasteiger partial charge on any atom is -0.497 e. The van der Waals surface area contributed by atoms with Crippen molar-refractivity contribution in [3.8, 4) is 16.9 Å². The Hall–Kier alpha value is -3.60. The standard InChI is InChI=1S/C25H25NO4/c1-3-23(25(28)26-20-13-15-21(29-2)16-14-20)30-24(27)17-19-11-7-8-12-22(19)18-9-5-4-6-10-18/h4-16,23H,3,17H2,1-2H3,(H,26,28). The molecule has 0 aliphatic carbocycles. The molecule has 30 heavy (non-hydrogen) atoms. The van der Waals surface area contributed by atoms with Crippen molar-refractivity contribution in [1.29, 1.82) is 0 Å². The Kier molecular flexibility index (Phi) is 7.22. The Bertz CT molecular complexity index is 984. The molecule has 1 amide bonds. The predicted molar refractivity (Wildman–Crippen MR) is 117 cm³/mol. The Morgan fingerprint density at radius 1 is 0.900 bits per heavy atom. The van der Waals surface area contributed by atoms with Crippen LogP contribution in [-0.4, -0.2) is 25.1 Å². The van der Waals surface area contributed by atoms with Crippen molar-refractivity contribution in [3.63, 3.8) is 0 Å². The van der Waals surface area contributed by atoms with Crippen LogP contribution in [-0.2, 0) is 20.7 Å². The van der Waals surface area contributed by atoms with E-state index in [0.717, 1.165) is 16.7 Å². The average Bonchev–Trinajstić information content (AvgIpc) is 2.79. The number of nitrogens with one attached hydrogen (secondary N) is 1. The number of hydrogen-bond acceptors (Lipinski definition) is 4. The van der Waals surface area contributed by atoms with E-state index in [1.54, 1.807) is 31.4 Å². The van der Waals surface area contributed by atoms with E-state index in [4.69, 9.17) is 9.47 Å². The Morgan fingerprint density at radius 2 is 1.57 bits per heavy atom. The zero-order valence-electron chi connectivity index (χ0n) is 17.1. The molecule has 0 bridgehead atoms. The van der Waals surface area contributed by atoms with E-state index in [9.17, 15) is 9.59 Å². The van der Waals surface area contributed by atoms with Crippen LogP contribution in [0, 0.1) is 0 Å². The second-order valence-corrected chi connectivity index (χ2v) is 6.80. The van der Waals surface area contributed by atoms with Gasteiger partial charge in [-0.1, -0.05) is 61.5 Å². The molecule has 1 atom stereocenters.